The zero-order valence-corrected chi connectivity index (χ0v) is 17.9. The molecule has 2 aromatic carbocycles. The van der Waals surface area contributed by atoms with Gasteiger partial charge in [-0.15, -0.1) is 0 Å². The minimum atomic E-state index is -1.09. The van der Waals surface area contributed by atoms with E-state index < -0.39 is 28.5 Å². The number of anilines is 1. The summed E-state index contributed by atoms with van der Waals surface area (Å²) in [5.74, 6) is -2.06. The Kier molecular flexibility index (Phi) is 6.96. The topological polar surface area (TPSA) is 104 Å². The second-order valence-corrected chi connectivity index (χ2v) is 7.97. The Labute approximate surface area is 183 Å². The lowest BCUT2D eigenvalue weighted by Gasteiger charge is -2.28. The smallest absolute Gasteiger partial charge is 0.335 e. The van der Waals surface area contributed by atoms with Gasteiger partial charge in [-0.1, -0.05) is 24.3 Å². The summed E-state index contributed by atoms with van der Waals surface area (Å²) < 4.78 is 5.05. The minimum Gasteiger partial charge on any atom is -0.478 e. The molecule has 162 valence electrons. The number of hydrogen-bond acceptors (Lipinski definition) is 7. The molecule has 1 atom stereocenters. The summed E-state index contributed by atoms with van der Waals surface area (Å²) in [7, 11) is 0. The van der Waals surface area contributed by atoms with E-state index in [0.717, 1.165) is 22.2 Å². The number of rotatable bonds is 8. The molecule has 1 aliphatic heterocycles. The lowest BCUT2D eigenvalue weighted by atomic mass is 10.1. The van der Waals surface area contributed by atoms with E-state index in [1.165, 1.54) is 12.1 Å². The van der Waals surface area contributed by atoms with Gasteiger partial charge in [0.25, 0.3) is 11.1 Å². The number of thioether (sulfide) groups is 1. The summed E-state index contributed by atoms with van der Waals surface area (Å²) >= 11 is 0.820. The van der Waals surface area contributed by atoms with Crippen LogP contribution in [-0.2, 0) is 20.9 Å². The van der Waals surface area contributed by atoms with Crippen LogP contribution in [-0.4, -0.2) is 51.6 Å². The fourth-order valence-electron chi connectivity index (χ4n) is 3.22. The molecule has 0 aliphatic carbocycles. The Balaban J connectivity index is 1.86. The summed E-state index contributed by atoms with van der Waals surface area (Å²) in [5, 5.41) is 7.77. The molecule has 0 saturated carbocycles. The molecule has 1 unspecified atom stereocenters. The number of nitrogens with zero attached hydrogens (tertiary/aromatic N) is 2. The SMILES string of the molecule is CCOC(=O)CN(c1cccc(C)c1)C1SC(=O)N(Cc2cccc(C(=O)O)c2)C1=O. The summed E-state index contributed by atoms with van der Waals surface area (Å²) in [6.45, 7) is 3.56. The number of carbonyl (C=O) groups excluding carboxylic acids is 3. The molecule has 1 N–H and O–H groups in total. The van der Waals surface area contributed by atoms with Crippen LogP contribution in [0.25, 0.3) is 0 Å². The highest BCUT2D eigenvalue weighted by molar-refractivity contribution is 8.15. The van der Waals surface area contributed by atoms with Gasteiger partial charge in [0, 0.05) is 5.69 Å². The van der Waals surface area contributed by atoms with Crippen LogP contribution < -0.4 is 4.90 Å². The van der Waals surface area contributed by atoms with Crippen LogP contribution in [0.15, 0.2) is 48.5 Å². The molecule has 1 aliphatic rings. The fourth-order valence-corrected chi connectivity index (χ4v) is 4.24. The Morgan fingerprint density at radius 1 is 1.16 bits per heavy atom. The van der Waals surface area contributed by atoms with Crippen molar-refractivity contribution in [3.63, 3.8) is 0 Å². The number of aromatic carboxylic acids is 1. The van der Waals surface area contributed by atoms with Crippen molar-refractivity contribution in [3.8, 4) is 0 Å². The maximum absolute atomic E-state index is 13.2. The third kappa shape index (κ3) is 5.24. The number of carboxylic acid groups (broad SMARTS) is 1. The van der Waals surface area contributed by atoms with E-state index in [4.69, 9.17) is 9.84 Å². The lowest BCUT2D eigenvalue weighted by Crippen LogP contribution is -2.44. The first kappa shape index (κ1) is 22.4. The number of esters is 1. The van der Waals surface area contributed by atoms with Crippen molar-refractivity contribution in [1.82, 2.24) is 4.90 Å². The van der Waals surface area contributed by atoms with Crippen LogP contribution in [0, 0.1) is 6.92 Å². The highest BCUT2D eigenvalue weighted by Crippen LogP contribution is 2.34. The van der Waals surface area contributed by atoms with Gasteiger partial charge in [-0.2, -0.15) is 0 Å². The molecule has 31 heavy (non-hydrogen) atoms. The molecule has 0 bridgehead atoms. The maximum Gasteiger partial charge on any atom is 0.335 e. The molecule has 0 spiro atoms. The molecule has 1 fully saturated rings. The van der Waals surface area contributed by atoms with Crippen molar-refractivity contribution < 1.29 is 29.0 Å². The van der Waals surface area contributed by atoms with Crippen LogP contribution in [0.5, 0.6) is 0 Å². The lowest BCUT2D eigenvalue weighted by molar-refractivity contribution is -0.141. The van der Waals surface area contributed by atoms with Gasteiger partial charge in [-0.05, 0) is 61.0 Å². The first-order valence-electron chi connectivity index (χ1n) is 9.63. The molecule has 3 rings (SSSR count). The molecule has 0 aromatic heterocycles. The number of ether oxygens (including phenoxy) is 1. The highest BCUT2D eigenvalue weighted by Gasteiger charge is 2.44. The number of hydrogen-bond donors (Lipinski definition) is 1. The maximum atomic E-state index is 13.2. The van der Waals surface area contributed by atoms with E-state index in [-0.39, 0.29) is 25.3 Å². The van der Waals surface area contributed by atoms with Gasteiger partial charge in [0.05, 0.1) is 18.7 Å². The van der Waals surface area contributed by atoms with E-state index in [1.54, 1.807) is 30.0 Å². The summed E-state index contributed by atoms with van der Waals surface area (Å²) in [5.41, 5.74) is 2.16. The molecule has 9 heteroatoms. The van der Waals surface area contributed by atoms with Crippen molar-refractivity contribution in [2.24, 2.45) is 0 Å². The molecular formula is C22H22N2O6S. The molecular weight excluding hydrogens is 420 g/mol. The third-order valence-electron chi connectivity index (χ3n) is 4.65. The zero-order chi connectivity index (χ0) is 22.5. The van der Waals surface area contributed by atoms with Gasteiger partial charge in [0.15, 0.2) is 5.37 Å². The van der Waals surface area contributed by atoms with E-state index in [9.17, 15) is 19.2 Å². The second kappa shape index (κ2) is 9.65. The third-order valence-corrected chi connectivity index (χ3v) is 5.75. The molecule has 0 radical (unpaired) electrons. The first-order chi connectivity index (χ1) is 14.8. The van der Waals surface area contributed by atoms with Gasteiger partial charge < -0.3 is 14.7 Å². The van der Waals surface area contributed by atoms with Crippen LogP contribution in [0.1, 0.15) is 28.4 Å². The van der Waals surface area contributed by atoms with Gasteiger partial charge >= 0.3 is 11.9 Å². The average molecular weight is 442 g/mol. The predicted molar refractivity (Wildman–Crippen MR) is 116 cm³/mol. The van der Waals surface area contributed by atoms with E-state index >= 15 is 0 Å². The Morgan fingerprint density at radius 2 is 1.90 bits per heavy atom. The Morgan fingerprint density at radius 3 is 2.58 bits per heavy atom. The number of amides is 2. The van der Waals surface area contributed by atoms with Crippen LogP contribution in [0.4, 0.5) is 10.5 Å². The average Bonchev–Trinajstić information content (AvgIpc) is 3.00. The molecule has 8 nitrogen and oxygen atoms in total. The summed E-state index contributed by atoms with van der Waals surface area (Å²) in [4.78, 5) is 51.8. The Bertz CT molecular complexity index is 1020. The van der Waals surface area contributed by atoms with Gasteiger partial charge in [0.1, 0.15) is 6.54 Å². The van der Waals surface area contributed by atoms with Crippen molar-refractivity contribution in [2.75, 3.05) is 18.1 Å². The van der Waals surface area contributed by atoms with Crippen LogP contribution in [0.2, 0.25) is 0 Å². The monoisotopic (exact) mass is 442 g/mol. The van der Waals surface area contributed by atoms with E-state index in [1.807, 2.05) is 25.1 Å². The number of carbonyl (C=O) groups is 4. The largest absolute Gasteiger partial charge is 0.478 e. The highest BCUT2D eigenvalue weighted by atomic mass is 32.2. The van der Waals surface area contributed by atoms with Crippen molar-refractivity contribution in [2.45, 2.75) is 25.8 Å². The van der Waals surface area contributed by atoms with Gasteiger partial charge in [-0.3, -0.25) is 19.3 Å². The second-order valence-electron chi connectivity index (χ2n) is 6.94. The van der Waals surface area contributed by atoms with Crippen molar-refractivity contribution >= 4 is 40.5 Å². The number of aryl methyl sites for hydroxylation is 1. The summed E-state index contributed by atoms with van der Waals surface area (Å²) in [6, 6.07) is 13.4. The molecule has 2 amide bonds. The van der Waals surface area contributed by atoms with Gasteiger partial charge in [0.2, 0.25) is 0 Å². The van der Waals surface area contributed by atoms with E-state index in [0.29, 0.717) is 11.3 Å². The number of benzene rings is 2. The minimum absolute atomic E-state index is 0.0522. The molecule has 2 aromatic rings. The first-order valence-corrected chi connectivity index (χ1v) is 10.5. The van der Waals surface area contributed by atoms with Crippen LogP contribution in [0.3, 0.4) is 0 Å². The number of imide groups is 1. The fraction of sp³-hybridized carbons (Fsp3) is 0.273. The van der Waals surface area contributed by atoms with Crippen molar-refractivity contribution in [1.29, 1.82) is 0 Å². The van der Waals surface area contributed by atoms with Crippen LogP contribution >= 0.6 is 11.8 Å². The van der Waals surface area contributed by atoms with E-state index in [2.05, 4.69) is 0 Å². The summed E-state index contributed by atoms with van der Waals surface area (Å²) in [6.07, 6.45) is 0. The standard InChI is InChI=1S/C22H22N2O6S/c1-3-30-18(25)13-23(17-9-4-6-14(2)10-17)20-19(26)24(22(29)31-20)12-15-7-5-8-16(11-15)21(27)28/h4-11,20H,3,12-13H2,1-2H3,(H,27,28). The number of carboxylic acids is 1. The molecule has 1 heterocycles. The van der Waals surface area contributed by atoms with Gasteiger partial charge in [-0.25, -0.2) is 4.79 Å². The van der Waals surface area contributed by atoms with Crippen molar-refractivity contribution in [3.05, 3.63) is 65.2 Å². The molecule has 1 saturated heterocycles. The normalized spacial score (nSPS) is 15.8. The zero-order valence-electron chi connectivity index (χ0n) is 17.1. The Hall–Kier alpha value is -3.33. The predicted octanol–water partition coefficient (Wildman–Crippen LogP) is 3.28. The quantitative estimate of drug-likeness (QED) is 0.621.